The van der Waals surface area contributed by atoms with Gasteiger partial charge in [-0.2, -0.15) is 0 Å². The van der Waals surface area contributed by atoms with Gasteiger partial charge in [0.2, 0.25) is 0 Å². The number of benzene rings is 4. The average Bonchev–Trinajstić information content (AvgIpc) is 3.27. The Morgan fingerprint density at radius 1 is 0.667 bits per heavy atom. The fourth-order valence-electron chi connectivity index (χ4n) is 5.21. The second-order valence-electron chi connectivity index (χ2n) is 8.95. The molecular formula is C33H32O3. The van der Waals surface area contributed by atoms with Crippen LogP contribution in [0, 0.1) is 0 Å². The van der Waals surface area contributed by atoms with Crippen molar-refractivity contribution in [1.82, 2.24) is 0 Å². The van der Waals surface area contributed by atoms with Gasteiger partial charge in [0.15, 0.2) is 0 Å². The van der Waals surface area contributed by atoms with Crippen LogP contribution in [0.4, 0.5) is 0 Å². The van der Waals surface area contributed by atoms with Gasteiger partial charge in [0.25, 0.3) is 0 Å². The molecule has 1 aliphatic rings. The Morgan fingerprint density at radius 2 is 1.28 bits per heavy atom. The molecule has 5 rings (SSSR count). The van der Waals surface area contributed by atoms with Gasteiger partial charge in [-0.3, -0.25) is 0 Å². The molecule has 182 valence electrons. The molecule has 0 amide bonds. The van der Waals surface area contributed by atoms with Crippen molar-refractivity contribution in [3.05, 3.63) is 125 Å². The first-order valence-electron chi connectivity index (χ1n) is 12.5. The largest absolute Gasteiger partial charge is 0.497 e. The van der Waals surface area contributed by atoms with Gasteiger partial charge in [-0.15, -0.1) is 0 Å². The predicted molar refractivity (Wildman–Crippen MR) is 147 cm³/mol. The molecule has 1 atom stereocenters. The number of ether oxygens (including phenoxy) is 3. The van der Waals surface area contributed by atoms with Gasteiger partial charge in [0.1, 0.15) is 11.5 Å². The van der Waals surface area contributed by atoms with E-state index in [0.717, 1.165) is 24.5 Å². The van der Waals surface area contributed by atoms with E-state index in [1.165, 1.54) is 44.5 Å². The summed E-state index contributed by atoms with van der Waals surface area (Å²) in [6.07, 6.45) is 0.876. The van der Waals surface area contributed by atoms with E-state index < -0.39 is 0 Å². The summed E-state index contributed by atoms with van der Waals surface area (Å²) in [6, 6.07) is 34.4. The SMILES string of the molecule is CCOCCC1=C(c2ccc(OC)cc2)c2cc(-c3ccc(OC)cc3)ccc2C1c1ccccc1. The van der Waals surface area contributed by atoms with Gasteiger partial charge in [-0.05, 0) is 88.2 Å². The molecule has 0 radical (unpaired) electrons. The first-order chi connectivity index (χ1) is 17.7. The zero-order valence-electron chi connectivity index (χ0n) is 21.2. The Kier molecular flexibility index (Phi) is 7.20. The van der Waals surface area contributed by atoms with Gasteiger partial charge in [-0.1, -0.05) is 66.7 Å². The summed E-state index contributed by atoms with van der Waals surface area (Å²) in [5.41, 5.74) is 10.2. The van der Waals surface area contributed by atoms with E-state index in [4.69, 9.17) is 14.2 Å². The summed E-state index contributed by atoms with van der Waals surface area (Å²) >= 11 is 0. The average molecular weight is 477 g/mol. The van der Waals surface area contributed by atoms with Gasteiger partial charge >= 0.3 is 0 Å². The van der Waals surface area contributed by atoms with E-state index in [1.54, 1.807) is 14.2 Å². The third kappa shape index (κ3) is 4.67. The molecule has 0 saturated carbocycles. The van der Waals surface area contributed by atoms with Crippen LogP contribution in [0.15, 0.2) is 103 Å². The first-order valence-corrected chi connectivity index (χ1v) is 12.5. The number of fused-ring (bicyclic) bond motifs is 1. The molecular weight excluding hydrogens is 444 g/mol. The van der Waals surface area contributed by atoms with E-state index in [-0.39, 0.29) is 5.92 Å². The highest BCUT2D eigenvalue weighted by Crippen LogP contribution is 2.50. The van der Waals surface area contributed by atoms with E-state index in [1.807, 2.05) is 24.3 Å². The van der Waals surface area contributed by atoms with E-state index in [2.05, 4.69) is 79.7 Å². The van der Waals surface area contributed by atoms with Crippen LogP contribution in [0.2, 0.25) is 0 Å². The molecule has 0 aliphatic heterocycles. The Morgan fingerprint density at radius 3 is 1.89 bits per heavy atom. The number of hydrogen-bond acceptors (Lipinski definition) is 3. The lowest BCUT2D eigenvalue weighted by Crippen LogP contribution is -2.05. The molecule has 0 saturated heterocycles. The maximum atomic E-state index is 5.85. The molecule has 36 heavy (non-hydrogen) atoms. The summed E-state index contributed by atoms with van der Waals surface area (Å²) in [5, 5.41) is 0. The zero-order chi connectivity index (χ0) is 24.9. The van der Waals surface area contributed by atoms with Gasteiger partial charge in [0, 0.05) is 12.5 Å². The molecule has 3 nitrogen and oxygen atoms in total. The second-order valence-corrected chi connectivity index (χ2v) is 8.95. The van der Waals surface area contributed by atoms with Gasteiger partial charge in [-0.25, -0.2) is 0 Å². The van der Waals surface area contributed by atoms with Crippen LogP contribution in [-0.4, -0.2) is 27.4 Å². The summed E-state index contributed by atoms with van der Waals surface area (Å²) in [5.74, 6) is 1.92. The first kappa shape index (κ1) is 23.9. The number of hydrogen-bond donors (Lipinski definition) is 0. The second kappa shape index (κ2) is 10.8. The maximum absolute atomic E-state index is 5.85. The van der Waals surface area contributed by atoms with Crippen molar-refractivity contribution >= 4 is 5.57 Å². The molecule has 1 unspecified atom stereocenters. The topological polar surface area (TPSA) is 27.7 Å². The van der Waals surface area contributed by atoms with Crippen molar-refractivity contribution in [3.8, 4) is 22.6 Å². The Bertz CT molecular complexity index is 1340. The Hall–Kier alpha value is -3.82. The quantitative estimate of drug-likeness (QED) is 0.231. The lowest BCUT2D eigenvalue weighted by Gasteiger charge is -2.18. The van der Waals surface area contributed by atoms with Crippen LogP contribution in [0.5, 0.6) is 11.5 Å². The van der Waals surface area contributed by atoms with Crippen LogP contribution in [0.1, 0.15) is 41.5 Å². The Labute approximate surface area is 214 Å². The highest BCUT2D eigenvalue weighted by atomic mass is 16.5. The summed E-state index contributed by atoms with van der Waals surface area (Å²) < 4.78 is 16.7. The standard InChI is InChI=1S/C33H32O3/c1-4-36-21-20-30-32(24-8-6-5-7-9-24)29-19-14-26(23-10-15-27(34-2)16-11-23)22-31(29)33(30)25-12-17-28(35-3)18-13-25/h5-19,22,32H,4,20-21H2,1-3H3. The molecule has 4 aromatic rings. The molecule has 0 fully saturated rings. The van der Waals surface area contributed by atoms with Crippen LogP contribution in [0.3, 0.4) is 0 Å². The van der Waals surface area contributed by atoms with E-state index in [9.17, 15) is 0 Å². The minimum absolute atomic E-state index is 0.198. The normalized spacial score (nSPS) is 14.6. The maximum Gasteiger partial charge on any atom is 0.118 e. The van der Waals surface area contributed by atoms with Crippen LogP contribution in [0.25, 0.3) is 16.7 Å². The van der Waals surface area contributed by atoms with E-state index >= 15 is 0 Å². The third-order valence-corrected chi connectivity index (χ3v) is 6.96. The fraction of sp³-hybridized carbons (Fsp3) is 0.212. The molecule has 3 heteroatoms. The van der Waals surface area contributed by atoms with E-state index in [0.29, 0.717) is 6.61 Å². The van der Waals surface area contributed by atoms with Crippen molar-refractivity contribution in [3.63, 3.8) is 0 Å². The molecule has 0 bridgehead atoms. The summed E-state index contributed by atoms with van der Waals surface area (Å²) in [6.45, 7) is 3.47. The highest BCUT2D eigenvalue weighted by Gasteiger charge is 2.33. The van der Waals surface area contributed by atoms with Crippen LogP contribution in [-0.2, 0) is 4.74 Å². The minimum atomic E-state index is 0.198. The molecule has 0 N–H and O–H groups in total. The third-order valence-electron chi connectivity index (χ3n) is 6.96. The van der Waals surface area contributed by atoms with Crippen molar-refractivity contribution in [2.75, 3.05) is 27.4 Å². The summed E-state index contributed by atoms with van der Waals surface area (Å²) in [4.78, 5) is 0. The number of methoxy groups -OCH3 is 2. The van der Waals surface area contributed by atoms with Crippen LogP contribution < -0.4 is 9.47 Å². The molecule has 0 heterocycles. The van der Waals surface area contributed by atoms with Crippen molar-refractivity contribution in [1.29, 1.82) is 0 Å². The summed E-state index contributed by atoms with van der Waals surface area (Å²) in [7, 11) is 3.41. The smallest absolute Gasteiger partial charge is 0.118 e. The van der Waals surface area contributed by atoms with Crippen molar-refractivity contribution in [2.45, 2.75) is 19.3 Å². The molecule has 0 spiro atoms. The molecule has 0 aromatic heterocycles. The zero-order valence-corrected chi connectivity index (χ0v) is 21.2. The van der Waals surface area contributed by atoms with Gasteiger partial charge < -0.3 is 14.2 Å². The number of rotatable bonds is 9. The fourth-order valence-corrected chi connectivity index (χ4v) is 5.21. The minimum Gasteiger partial charge on any atom is -0.497 e. The molecule has 1 aliphatic carbocycles. The van der Waals surface area contributed by atoms with Crippen molar-refractivity contribution < 1.29 is 14.2 Å². The predicted octanol–water partition coefficient (Wildman–Crippen LogP) is 7.74. The highest BCUT2D eigenvalue weighted by molar-refractivity contribution is 5.91. The lowest BCUT2D eigenvalue weighted by atomic mass is 9.86. The van der Waals surface area contributed by atoms with Crippen molar-refractivity contribution in [2.24, 2.45) is 0 Å². The molecule has 4 aromatic carbocycles. The van der Waals surface area contributed by atoms with Gasteiger partial charge in [0.05, 0.1) is 20.8 Å². The monoisotopic (exact) mass is 476 g/mol. The lowest BCUT2D eigenvalue weighted by molar-refractivity contribution is 0.150. The van der Waals surface area contributed by atoms with Crippen LogP contribution >= 0.6 is 0 Å². The Balaban J connectivity index is 1.69.